The minimum Gasteiger partial charge on any atom is -0.396 e. The summed E-state index contributed by atoms with van der Waals surface area (Å²) in [7, 11) is 0. The summed E-state index contributed by atoms with van der Waals surface area (Å²) < 4.78 is 1.96. The first-order chi connectivity index (χ1) is 11.0. The number of aromatic nitrogens is 2. The van der Waals surface area contributed by atoms with Crippen molar-refractivity contribution >= 4 is 44.2 Å². The van der Waals surface area contributed by atoms with Crippen molar-refractivity contribution in [3.05, 3.63) is 38.3 Å². The molecule has 0 fully saturated rings. The van der Waals surface area contributed by atoms with Crippen LogP contribution in [0.2, 0.25) is 5.02 Å². The molecule has 0 saturated heterocycles. The summed E-state index contributed by atoms with van der Waals surface area (Å²) in [5, 5.41) is 12.5. The first-order valence-corrected chi connectivity index (χ1v) is 8.37. The predicted molar refractivity (Wildman–Crippen MR) is 92.9 cm³/mol. The summed E-state index contributed by atoms with van der Waals surface area (Å²) >= 11 is 9.30. The molecule has 2 aromatic rings. The first kappa shape index (κ1) is 18.1. The van der Waals surface area contributed by atoms with Gasteiger partial charge in [-0.15, -0.1) is 0 Å². The number of nitrogens with one attached hydrogen (secondary N) is 1. The van der Waals surface area contributed by atoms with Crippen molar-refractivity contribution in [2.24, 2.45) is 0 Å². The van der Waals surface area contributed by atoms with Crippen molar-refractivity contribution in [2.45, 2.75) is 19.4 Å². The van der Waals surface area contributed by atoms with E-state index in [1.165, 1.54) is 10.9 Å². The van der Waals surface area contributed by atoms with Crippen LogP contribution in [0.3, 0.4) is 0 Å². The number of carbonyl (C=O) groups is 1. The molecule has 0 bridgehead atoms. The van der Waals surface area contributed by atoms with Crippen LogP contribution in [0.5, 0.6) is 0 Å². The van der Waals surface area contributed by atoms with Gasteiger partial charge < -0.3 is 10.4 Å². The van der Waals surface area contributed by atoms with Crippen LogP contribution >= 0.6 is 27.5 Å². The summed E-state index contributed by atoms with van der Waals surface area (Å²) in [6.45, 7) is 1.29. The van der Waals surface area contributed by atoms with Crippen molar-refractivity contribution in [3.63, 3.8) is 0 Å². The third-order valence-electron chi connectivity index (χ3n) is 3.31. The van der Waals surface area contributed by atoms with Gasteiger partial charge in [-0.25, -0.2) is 4.98 Å². The van der Waals surface area contributed by atoms with Gasteiger partial charge in [-0.05, 0) is 41.0 Å². The van der Waals surface area contributed by atoms with Crippen LogP contribution in [0.25, 0.3) is 10.9 Å². The number of fused-ring (bicyclic) bond motifs is 1. The van der Waals surface area contributed by atoms with Gasteiger partial charge in [-0.1, -0.05) is 11.6 Å². The SMILES string of the molecule is O=C(CCNCCCO)Cn1cnc2cc(Br)c(Cl)cc2c1=O. The highest BCUT2D eigenvalue weighted by Gasteiger charge is 2.10. The molecule has 0 aliphatic carbocycles. The summed E-state index contributed by atoms with van der Waals surface area (Å²) in [5.74, 6) is -0.0621. The zero-order valence-electron chi connectivity index (χ0n) is 12.4. The van der Waals surface area contributed by atoms with Crippen LogP contribution in [0, 0.1) is 0 Å². The third kappa shape index (κ3) is 4.84. The second kappa shape index (κ2) is 8.54. The highest BCUT2D eigenvalue weighted by molar-refractivity contribution is 9.10. The maximum atomic E-state index is 12.4. The Morgan fingerprint density at radius 2 is 2.17 bits per heavy atom. The monoisotopic (exact) mass is 401 g/mol. The van der Waals surface area contributed by atoms with Crippen LogP contribution in [0.15, 0.2) is 27.7 Å². The summed E-state index contributed by atoms with van der Waals surface area (Å²) in [6.07, 6.45) is 2.34. The van der Waals surface area contributed by atoms with Crippen molar-refractivity contribution < 1.29 is 9.90 Å². The molecule has 23 heavy (non-hydrogen) atoms. The van der Waals surface area contributed by atoms with Crippen LogP contribution in [-0.2, 0) is 11.3 Å². The van der Waals surface area contributed by atoms with Crippen LogP contribution in [-0.4, -0.2) is 40.1 Å². The van der Waals surface area contributed by atoms with E-state index < -0.39 is 0 Å². The molecule has 6 nitrogen and oxygen atoms in total. The molecular weight excluding hydrogens is 386 g/mol. The molecule has 1 aromatic heterocycles. The molecule has 2 rings (SSSR count). The number of carbonyl (C=O) groups excluding carboxylic acids is 1. The van der Waals surface area contributed by atoms with Gasteiger partial charge in [-0.2, -0.15) is 0 Å². The molecule has 0 atom stereocenters. The molecule has 0 amide bonds. The van der Waals surface area contributed by atoms with Crippen LogP contribution in [0.1, 0.15) is 12.8 Å². The zero-order valence-corrected chi connectivity index (χ0v) is 14.7. The Hall–Kier alpha value is -1.28. The number of benzene rings is 1. The number of aliphatic hydroxyl groups excluding tert-OH is 1. The van der Waals surface area contributed by atoms with E-state index in [1.807, 2.05) is 0 Å². The van der Waals surface area contributed by atoms with Crippen molar-refractivity contribution in [1.29, 1.82) is 0 Å². The number of rotatable bonds is 8. The van der Waals surface area contributed by atoms with Gasteiger partial charge >= 0.3 is 0 Å². The fraction of sp³-hybridized carbons (Fsp3) is 0.400. The Bertz CT molecular complexity index is 763. The van der Waals surface area contributed by atoms with E-state index in [-0.39, 0.29) is 24.5 Å². The topological polar surface area (TPSA) is 84.2 Å². The maximum absolute atomic E-state index is 12.4. The number of hydrogen-bond acceptors (Lipinski definition) is 5. The van der Waals surface area contributed by atoms with Crippen LogP contribution < -0.4 is 10.9 Å². The van der Waals surface area contributed by atoms with Gasteiger partial charge in [0.15, 0.2) is 5.78 Å². The molecule has 0 unspecified atom stereocenters. The Balaban J connectivity index is 2.06. The van der Waals surface area contributed by atoms with E-state index in [1.54, 1.807) is 12.1 Å². The van der Waals surface area contributed by atoms with Crippen molar-refractivity contribution in [1.82, 2.24) is 14.9 Å². The van der Waals surface area contributed by atoms with Gasteiger partial charge in [-0.3, -0.25) is 14.2 Å². The van der Waals surface area contributed by atoms with E-state index in [9.17, 15) is 9.59 Å². The average Bonchev–Trinajstić information content (AvgIpc) is 2.52. The fourth-order valence-corrected chi connectivity index (χ4v) is 2.59. The van der Waals surface area contributed by atoms with Gasteiger partial charge in [0.2, 0.25) is 0 Å². The second-order valence-corrected chi connectivity index (χ2v) is 6.34. The Labute approximate surface area is 146 Å². The predicted octanol–water partition coefficient (Wildman–Crippen LogP) is 1.74. The number of Topliss-reactive ketones (excluding diaryl/α,β-unsaturated/α-hetero) is 1. The summed E-state index contributed by atoms with van der Waals surface area (Å²) in [4.78, 5) is 28.5. The molecule has 1 heterocycles. The van der Waals surface area contributed by atoms with Gasteiger partial charge in [0.1, 0.15) is 0 Å². The lowest BCUT2D eigenvalue weighted by Crippen LogP contribution is -2.27. The summed E-state index contributed by atoms with van der Waals surface area (Å²) in [5.41, 5.74) is 0.242. The number of halogens is 2. The highest BCUT2D eigenvalue weighted by Crippen LogP contribution is 2.25. The normalized spacial score (nSPS) is 11.1. The molecule has 2 N–H and O–H groups in total. The molecule has 0 radical (unpaired) electrons. The lowest BCUT2D eigenvalue weighted by molar-refractivity contribution is -0.119. The van der Waals surface area contributed by atoms with E-state index in [4.69, 9.17) is 16.7 Å². The lowest BCUT2D eigenvalue weighted by Gasteiger charge is -2.07. The molecule has 0 spiro atoms. The molecule has 8 heteroatoms. The van der Waals surface area contributed by atoms with Crippen molar-refractivity contribution in [3.8, 4) is 0 Å². The molecule has 0 aliphatic rings. The third-order valence-corrected chi connectivity index (χ3v) is 4.50. The number of ketones is 1. The molecular formula is C15H17BrClN3O3. The molecule has 124 valence electrons. The first-order valence-electron chi connectivity index (χ1n) is 7.20. The van der Waals surface area contributed by atoms with E-state index >= 15 is 0 Å². The van der Waals surface area contributed by atoms with Crippen molar-refractivity contribution in [2.75, 3.05) is 19.7 Å². The lowest BCUT2D eigenvalue weighted by atomic mass is 10.2. The van der Waals surface area contributed by atoms with Gasteiger partial charge in [0, 0.05) is 24.0 Å². The Morgan fingerprint density at radius 1 is 1.39 bits per heavy atom. The standard InChI is InChI=1S/C15H17BrClN3O3/c16-12-7-14-11(6-13(12)17)15(23)20(9-19-14)8-10(22)2-4-18-3-1-5-21/h6-7,9,18,21H,1-5,8H2. The summed E-state index contributed by atoms with van der Waals surface area (Å²) in [6, 6.07) is 3.23. The largest absolute Gasteiger partial charge is 0.396 e. The minimum absolute atomic E-state index is 0.0167. The molecule has 0 aliphatic heterocycles. The van der Waals surface area contributed by atoms with E-state index in [0.717, 1.165) is 0 Å². The van der Waals surface area contributed by atoms with E-state index in [2.05, 4.69) is 26.2 Å². The van der Waals surface area contributed by atoms with E-state index in [0.29, 0.717) is 46.3 Å². The smallest absolute Gasteiger partial charge is 0.261 e. The van der Waals surface area contributed by atoms with Crippen LogP contribution in [0.4, 0.5) is 0 Å². The Morgan fingerprint density at radius 3 is 2.91 bits per heavy atom. The number of hydrogen-bond donors (Lipinski definition) is 2. The maximum Gasteiger partial charge on any atom is 0.261 e. The van der Waals surface area contributed by atoms with Gasteiger partial charge in [0.25, 0.3) is 5.56 Å². The minimum atomic E-state index is -0.286. The molecule has 1 aromatic carbocycles. The second-order valence-electron chi connectivity index (χ2n) is 5.08. The molecule has 0 saturated carbocycles. The quantitative estimate of drug-likeness (QED) is 0.657. The zero-order chi connectivity index (χ0) is 16.8. The average molecular weight is 403 g/mol. The number of nitrogens with zero attached hydrogens (tertiary/aromatic N) is 2. The number of aliphatic hydroxyl groups is 1. The fourth-order valence-electron chi connectivity index (χ4n) is 2.09. The highest BCUT2D eigenvalue weighted by atomic mass is 79.9. The Kier molecular flexibility index (Phi) is 6.71. The van der Waals surface area contributed by atoms with Gasteiger partial charge in [0.05, 0.1) is 28.8 Å².